The topological polar surface area (TPSA) is 74.8 Å². The van der Waals surface area contributed by atoms with Crippen LogP contribution in [0, 0.1) is 0 Å². The molecule has 1 aromatic heterocycles. The van der Waals surface area contributed by atoms with Crippen molar-refractivity contribution >= 4 is 28.3 Å². The Morgan fingerprint density at radius 3 is 2.50 bits per heavy atom. The van der Waals surface area contributed by atoms with E-state index in [1.165, 1.54) is 0 Å². The minimum Gasteiger partial charge on any atom is -0.344 e. The quantitative estimate of drug-likeness (QED) is 0.763. The first-order valence-electron chi connectivity index (χ1n) is 7.64. The van der Waals surface area contributed by atoms with E-state index in [9.17, 15) is 9.59 Å². The number of fused-ring (bicyclic) bond motifs is 1. The Morgan fingerprint density at radius 2 is 1.83 bits per heavy atom. The monoisotopic (exact) mass is 341 g/mol. The lowest BCUT2D eigenvalue weighted by Gasteiger charge is -2.17. The summed E-state index contributed by atoms with van der Waals surface area (Å²) in [4.78, 5) is 24.5. The second-order valence-electron chi connectivity index (χ2n) is 5.43. The van der Waals surface area contributed by atoms with Crippen molar-refractivity contribution in [2.75, 3.05) is 0 Å². The number of H-pyrrole nitrogens is 1. The number of nitrogens with one attached hydrogen (secondary N) is 2. The van der Waals surface area contributed by atoms with Crippen LogP contribution in [-0.4, -0.2) is 16.1 Å². The average Bonchev–Trinajstić information content (AvgIpc) is 2.61. The molecule has 1 atom stereocenters. The third kappa shape index (κ3) is 3.16. The highest BCUT2D eigenvalue weighted by atomic mass is 35.5. The fourth-order valence-corrected chi connectivity index (χ4v) is 2.76. The summed E-state index contributed by atoms with van der Waals surface area (Å²) in [5, 5.41) is 10.9. The van der Waals surface area contributed by atoms with Gasteiger partial charge >= 0.3 is 0 Å². The predicted octanol–water partition coefficient (Wildman–Crippen LogP) is 3.46. The lowest BCUT2D eigenvalue weighted by Crippen LogP contribution is -2.30. The molecule has 0 fully saturated rings. The molecule has 0 saturated carbocycles. The summed E-state index contributed by atoms with van der Waals surface area (Å²) < 4.78 is 0. The Hall–Kier alpha value is -2.66. The fourth-order valence-electron chi connectivity index (χ4n) is 2.63. The van der Waals surface area contributed by atoms with Crippen molar-refractivity contribution in [2.45, 2.75) is 19.4 Å². The smallest absolute Gasteiger partial charge is 0.272 e. The number of halogens is 1. The van der Waals surface area contributed by atoms with Crippen LogP contribution in [0.25, 0.3) is 10.8 Å². The summed E-state index contributed by atoms with van der Waals surface area (Å²) in [7, 11) is 0. The molecule has 122 valence electrons. The number of carbonyl (C=O) groups excluding carboxylic acids is 1. The van der Waals surface area contributed by atoms with Crippen LogP contribution in [0.4, 0.5) is 0 Å². The van der Waals surface area contributed by atoms with Crippen molar-refractivity contribution in [2.24, 2.45) is 0 Å². The molecule has 0 aliphatic heterocycles. The van der Waals surface area contributed by atoms with E-state index in [2.05, 4.69) is 15.5 Å². The molecule has 3 aromatic rings. The zero-order valence-electron chi connectivity index (χ0n) is 13.0. The van der Waals surface area contributed by atoms with Gasteiger partial charge in [-0.2, -0.15) is 5.10 Å². The first kappa shape index (κ1) is 16.2. The van der Waals surface area contributed by atoms with Gasteiger partial charge in [0.15, 0.2) is 5.69 Å². The van der Waals surface area contributed by atoms with Crippen molar-refractivity contribution in [1.29, 1.82) is 0 Å². The summed E-state index contributed by atoms with van der Waals surface area (Å²) in [6.45, 7) is 1.98. The Morgan fingerprint density at radius 1 is 1.17 bits per heavy atom. The molecular formula is C18H16ClN3O2. The zero-order valence-corrected chi connectivity index (χ0v) is 13.8. The van der Waals surface area contributed by atoms with Crippen LogP contribution < -0.4 is 10.9 Å². The molecule has 2 N–H and O–H groups in total. The van der Waals surface area contributed by atoms with Crippen LogP contribution in [0.2, 0.25) is 5.02 Å². The Kier molecular flexibility index (Phi) is 4.62. The van der Waals surface area contributed by atoms with Gasteiger partial charge in [-0.05, 0) is 30.2 Å². The van der Waals surface area contributed by atoms with Crippen LogP contribution >= 0.6 is 11.6 Å². The zero-order chi connectivity index (χ0) is 17.1. The van der Waals surface area contributed by atoms with Crippen molar-refractivity contribution < 1.29 is 4.79 Å². The molecule has 0 aliphatic carbocycles. The molecule has 0 bridgehead atoms. The first-order chi connectivity index (χ1) is 11.6. The van der Waals surface area contributed by atoms with Crippen LogP contribution in [0.5, 0.6) is 0 Å². The Balaban J connectivity index is 1.93. The van der Waals surface area contributed by atoms with Crippen LogP contribution in [0.3, 0.4) is 0 Å². The number of nitrogens with zero attached hydrogens (tertiary/aromatic N) is 1. The SMILES string of the molecule is CCC(NC(=O)c1n[nH]c(=O)c2ccccc12)c1ccc(Cl)cc1. The molecule has 0 radical (unpaired) electrons. The number of amides is 1. The molecule has 1 unspecified atom stereocenters. The van der Waals surface area contributed by atoms with Crippen molar-refractivity contribution in [3.63, 3.8) is 0 Å². The number of carbonyl (C=O) groups is 1. The van der Waals surface area contributed by atoms with Gasteiger partial charge in [-0.25, -0.2) is 5.10 Å². The number of rotatable bonds is 4. The largest absolute Gasteiger partial charge is 0.344 e. The van der Waals surface area contributed by atoms with Gasteiger partial charge in [0.25, 0.3) is 11.5 Å². The van der Waals surface area contributed by atoms with E-state index in [-0.39, 0.29) is 23.2 Å². The summed E-state index contributed by atoms with van der Waals surface area (Å²) in [6, 6.07) is 14.1. The number of aromatic amines is 1. The lowest BCUT2D eigenvalue weighted by atomic mass is 10.0. The maximum atomic E-state index is 12.7. The second-order valence-corrected chi connectivity index (χ2v) is 5.87. The predicted molar refractivity (Wildman–Crippen MR) is 94.3 cm³/mol. The van der Waals surface area contributed by atoms with Gasteiger partial charge in [-0.3, -0.25) is 9.59 Å². The van der Waals surface area contributed by atoms with Gasteiger partial charge in [0.2, 0.25) is 0 Å². The Labute approximate surface area is 143 Å². The molecule has 0 aliphatic rings. The van der Waals surface area contributed by atoms with Crippen LogP contribution in [0.1, 0.15) is 35.4 Å². The highest BCUT2D eigenvalue weighted by molar-refractivity contribution is 6.30. The first-order valence-corrected chi connectivity index (χ1v) is 8.01. The average molecular weight is 342 g/mol. The van der Waals surface area contributed by atoms with Gasteiger partial charge in [0.1, 0.15) is 0 Å². The van der Waals surface area contributed by atoms with Gasteiger partial charge in [-0.15, -0.1) is 0 Å². The maximum Gasteiger partial charge on any atom is 0.272 e. The highest BCUT2D eigenvalue weighted by Gasteiger charge is 2.18. The number of benzene rings is 2. The molecule has 5 nitrogen and oxygen atoms in total. The number of aromatic nitrogens is 2. The third-order valence-electron chi connectivity index (χ3n) is 3.90. The van der Waals surface area contributed by atoms with E-state index in [4.69, 9.17) is 11.6 Å². The third-order valence-corrected chi connectivity index (χ3v) is 4.15. The van der Waals surface area contributed by atoms with Gasteiger partial charge in [-0.1, -0.05) is 48.9 Å². The summed E-state index contributed by atoms with van der Waals surface area (Å²) >= 11 is 5.91. The van der Waals surface area contributed by atoms with Crippen molar-refractivity contribution in [3.05, 3.63) is 75.2 Å². The van der Waals surface area contributed by atoms with Gasteiger partial charge in [0, 0.05) is 10.4 Å². The minimum absolute atomic E-state index is 0.165. The van der Waals surface area contributed by atoms with Crippen molar-refractivity contribution in [3.8, 4) is 0 Å². The van der Waals surface area contributed by atoms with E-state index >= 15 is 0 Å². The maximum absolute atomic E-state index is 12.7. The van der Waals surface area contributed by atoms with E-state index in [1.807, 2.05) is 19.1 Å². The van der Waals surface area contributed by atoms with E-state index in [0.29, 0.717) is 22.2 Å². The van der Waals surface area contributed by atoms with Crippen molar-refractivity contribution in [1.82, 2.24) is 15.5 Å². The Bertz CT molecular complexity index is 935. The highest BCUT2D eigenvalue weighted by Crippen LogP contribution is 2.20. The molecule has 6 heteroatoms. The van der Waals surface area contributed by atoms with Crippen LogP contribution in [0.15, 0.2) is 53.3 Å². The van der Waals surface area contributed by atoms with E-state index < -0.39 is 0 Å². The molecule has 24 heavy (non-hydrogen) atoms. The second kappa shape index (κ2) is 6.84. The molecule has 2 aromatic carbocycles. The molecule has 1 amide bonds. The fraction of sp³-hybridized carbons (Fsp3) is 0.167. The van der Waals surface area contributed by atoms with Gasteiger partial charge in [0.05, 0.1) is 11.4 Å². The summed E-state index contributed by atoms with van der Waals surface area (Å²) in [5.41, 5.74) is 0.855. The molecular weight excluding hydrogens is 326 g/mol. The molecule has 1 heterocycles. The molecule has 0 spiro atoms. The minimum atomic E-state index is -0.329. The number of hydrogen-bond acceptors (Lipinski definition) is 3. The summed E-state index contributed by atoms with van der Waals surface area (Å²) in [6.07, 6.45) is 0.717. The van der Waals surface area contributed by atoms with E-state index in [1.54, 1.807) is 36.4 Å². The van der Waals surface area contributed by atoms with Gasteiger partial charge < -0.3 is 5.32 Å². The molecule has 3 rings (SSSR count). The standard InChI is InChI=1S/C18H16ClN3O2/c1-2-15(11-7-9-12(19)10-8-11)20-18(24)16-13-5-3-4-6-14(13)17(23)22-21-16/h3-10,15H,2H2,1H3,(H,20,24)(H,22,23). The van der Waals surface area contributed by atoms with E-state index in [0.717, 1.165) is 5.56 Å². The lowest BCUT2D eigenvalue weighted by molar-refractivity contribution is 0.0931. The number of hydrogen-bond donors (Lipinski definition) is 2. The normalized spacial score (nSPS) is 12.1. The van der Waals surface area contributed by atoms with Crippen LogP contribution in [-0.2, 0) is 0 Å². The molecule has 0 saturated heterocycles. The summed E-state index contributed by atoms with van der Waals surface area (Å²) in [5.74, 6) is -0.329.